The van der Waals surface area contributed by atoms with Crippen LogP contribution in [0.15, 0.2) is 67.5 Å². The zero-order chi connectivity index (χ0) is 21.6. The predicted octanol–water partition coefficient (Wildman–Crippen LogP) is 3.77. The van der Waals surface area contributed by atoms with E-state index < -0.39 is 0 Å². The Hall–Kier alpha value is -3.68. The molecule has 2 heterocycles. The van der Waals surface area contributed by atoms with Gasteiger partial charge in [0.2, 0.25) is 0 Å². The van der Waals surface area contributed by atoms with Gasteiger partial charge in [-0.15, -0.1) is 0 Å². The standard InChI is InChI=1S/C22H26N6O2/c1-22(2,3)19(14-28-11-10-24-15-28)27-21(30)26-18-8-4-7-17(12-18)25-20(29)16-6-5-9-23-13-16/h4-13,15,19H,14H2,1-3H3,(H,25,29)(H2,26,27,30)/t19-/m1/s1. The molecule has 3 aromatic rings. The predicted molar refractivity (Wildman–Crippen MR) is 116 cm³/mol. The van der Waals surface area contributed by atoms with Crippen LogP contribution in [0, 0.1) is 5.41 Å². The highest BCUT2D eigenvalue weighted by atomic mass is 16.2. The molecule has 3 amide bonds. The Morgan fingerprint density at radius 1 is 1.03 bits per heavy atom. The van der Waals surface area contributed by atoms with Crippen molar-refractivity contribution in [1.29, 1.82) is 0 Å². The first-order chi connectivity index (χ1) is 14.3. The lowest BCUT2D eigenvalue weighted by atomic mass is 9.86. The van der Waals surface area contributed by atoms with E-state index in [1.807, 2.05) is 10.8 Å². The number of nitrogens with zero attached hydrogens (tertiary/aromatic N) is 3. The maximum atomic E-state index is 12.6. The first-order valence-corrected chi connectivity index (χ1v) is 9.66. The number of imidazole rings is 1. The molecule has 3 rings (SSSR count). The SMILES string of the molecule is CC(C)(C)[C@@H](Cn1ccnc1)NC(=O)Nc1cccc(NC(=O)c2cccnc2)c1. The second-order valence-corrected chi connectivity index (χ2v) is 8.05. The lowest BCUT2D eigenvalue weighted by Crippen LogP contribution is -2.47. The lowest BCUT2D eigenvalue weighted by molar-refractivity contribution is 0.102. The van der Waals surface area contributed by atoms with Crippen LogP contribution in [0.1, 0.15) is 31.1 Å². The number of rotatable bonds is 6. The van der Waals surface area contributed by atoms with Crippen LogP contribution in [-0.2, 0) is 6.54 Å². The third kappa shape index (κ3) is 5.91. The van der Waals surface area contributed by atoms with Crippen molar-refractivity contribution >= 4 is 23.3 Å². The number of hydrogen-bond donors (Lipinski definition) is 3. The molecule has 0 saturated carbocycles. The van der Waals surface area contributed by atoms with Crippen LogP contribution in [0.4, 0.5) is 16.2 Å². The van der Waals surface area contributed by atoms with Crippen LogP contribution >= 0.6 is 0 Å². The molecule has 0 aliphatic carbocycles. The number of carbonyl (C=O) groups excluding carboxylic acids is 2. The van der Waals surface area contributed by atoms with Crippen molar-refractivity contribution in [3.05, 3.63) is 73.1 Å². The van der Waals surface area contributed by atoms with Gasteiger partial charge in [-0.2, -0.15) is 0 Å². The Morgan fingerprint density at radius 2 is 1.80 bits per heavy atom. The molecule has 0 fully saturated rings. The molecule has 0 spiro atoms. The molecule has 156 valence electrons. The van der Waals surface area contributed by atoms with E-state index in [2.05, 4.69) is 46.7 Å². The minimum absolute atomic E-state index is 0.111. The number of pyridine rings is 1. The van der Waals surface area contributed by atoms with Gasteiger partial charge in [0.05, 0.1) is 17.9 Å². The lowest BCUT2D eigenvalue weighted by Gasteiger charge is -2.31. The zero-order valence-electron chi connectivity index (χ0n) is 17.3. The van der Waals surface area contributed by atoms with E-state index in [0.717, 1.165) is 0 Å². The van der Waals surface area contributed by atoms with Gasteiger partial charge in [0.25, 0.3) is 5.91 Å². The summed E-state index contributed by atoms with van der Waals surface area (Å²) in [5, 5.41) is 8.68. The summed E-state index contributed by atoms with van der Waals surface area (Å²) in [7, 11) is 0. The molecule has 3 N–H and O–H groups in total. The summed E-state index contributed by atoms with van der Waals surface area (Å²) in [6.45, 7) is 6.83. The van der Waals surface area contributed by atoms with Gasteiger partial charge in [0, 0.05) is 42.7 Å². The van der Waals surface area contributed by atoms with Gasteiger partial charge in [-0.05, 0) is 35.7 Å². The number of aromatic nitrogens is 3. The summed E-state index contributed by atoms with van der Waals surface area (Å²) in [6, 6.07) is 9.95. The van der Waals surface area contributed by atoms with Crippen molar-refractivity contribution in [3.8, 4) is 0 Å². The van der Waals surface area contributed by atoms with Crippen LogP contribution < -0.4 is 16.0 Å². The largest absolute Gasteiger partial charge is 0.335 e. The van der Waals surface area contributed by atoms with E-state index in [4.69, 9.17) is 0 Å². The van der Waals surface area contributed by atoms with E-state index in [9.17, 15) is 9.59 Å². The molecular formula is C22H26N6O2. The van der Waals surface area contributed by atoms with E-state index in [-0.39, 0.29) is 23.4 Å². The van der Waals surface area contributed by atoms with Crippen LogP contribution in [0.3, 0.4) is 0 Å². The molecule has 2 aromatic heterocycles. The summed E-state index contributed by atoms with van der Waals surface area (Å²) >= 11 is 0. The van der Waals surface area contributed by atoms with Crippen LogP contribution in [0.2, 0.25) is 0 Å². The number of amides is 3. The van der Waals surface area contributed by atoms with E-state index in [0.29, 0.717) is 23.5 Å². The molecule has 0 radical (unpaired) electrons. The van der Waals surface area contributed by atoms with Gasteiger partial charge < -0.3 is 20.5 Å². The molecular weight excluding hydrogens is 380 g/mol. The van der Waals surface area contributed by atoms with E-state index in [1.165, 1.54) is 6.20 Å². The van der Waals surface area contributed by atoms with Gasteiger partial charge in [-0.3, -0.25) is 9.78 Å². The van der Waals surface area contributed by atoms with Gasteiger partial charge in [-0.25, -0.2) is 9.78 Å². The second kappa shape index (κ2) is 9.21. The van der Waals surface area contributed by atoms with Crippen molar-refractivity contribution < 1.29 is 9.59 Å². The number of hydrogen-bond acceptors (Lipinski definition) is 4. The Labute approximate surface area is 175 Å². The quantitative estimate of drug-likeness (QED) is 0.580. The highest BCUT2D eigenvalue weighted by Crippen LogP contribution is 2.21. The molecule has 0 aliphatic rings. The van der Waals surface area contributed by atoms with Crippen LogP contribution in [0.5, 0.6) is 0 Å². The molecule has 1 atom stereocenters. The molecule has 0 aliphatic heterocycles. The Morgan fingerprint density at radius 3 is 2.43 bits per heavy atom. The highest BCUT2D eigenvalue weighted by Gasteiger charge is 2.26. The Kier molecular flexibility index (Phi) is 6.46. The molecule has 1 aromatic carbocycles. The van der Waals surface area contributed by atoms with E-state index in [1.54, 1.807) is 55.1 Å². The van der Waals surface area contributed by atoms with Crippen molar-refractivity contribution in [2.24, 2.45) is 5.41 Å². The zero-order valence-corrected chi connectivity index (χ0v) is 17.3. The van der Waals surface area contributed by atoms with Gasteiger partial charge in [0.15, 0.2) is 0 Å². The third-order valence-electron chi connectivity index (χ3n) is 4.61. The van der Waals surface area contributed by atoms with Gasteiger partial charge in [0.1, 0.15) is 0 Å². The van der Waals surface area contributed by atoms with Gasteiger partial charge >= 0.3 is 6.03 Å². The Balaban J connectivity index is 1.63. The monoisotopic (exact) mass is 406 g/mol. The van der Waals surface area contributed by atoms with E-state index >= 15 is 0 Å². The fraction of sp³-hybridized carbons (Fsp3) is 0.273. The van der Waals surface area contributed by atoms with Crippen molar-refractivity contribution in [2.45, 2.75) is 33.4 Å². The fourth-order valence-electron chi connectivity index (χ4n) is 2.84. The first-order valence-electron chi connectivity index (χ1n) is 9.66. The normalized spacial score (nSPS) is 12.1. The molecule has 0 unspecified atom stereocenters. The smallest absolute Gasteiger partial charge is 0.319 e. The number of nitrogens with one attached hydrogen (secondary N) is 3. The molecule has 8 heteroatoms. The van der Waals surface area contributed by atoms with Crippen molar-refractivity contribution in [2.75, 3.05) is 10.6 Å². The maximum Gasteiger partial charge on any atom is 0.319 e. The molecule has 0 bridgehead atoms. The number of benzene rings is 1. The number of anilines is 2. The van der Waals surface area contributed by atoms with Crippen molar-refractivity contribution in [1.82, 2.24) is 19.9 Å². The summed E-state index contributed by atoms with van der Waals surface area (Å²) in [6.07, 6.45) is 8.42. The summed E-state index contributed by atoms with van der Waals surface area (Å²) < 4.78 is 1.94. The molecule has 30 heavy (non-hydrogen) atoms. The second-order valence-electron chi connectivity index (χ2n) is 8.05. The van der Waals surface area contributed by atoms with Crippen LogP contribution in [0.25, 0.3) is 0 Å². The average molecular weight is 406 g/mol. The minimum atomic E-state index is -0.314. The number of carbonyl (C=O) groups is 2. The number of urea groups is 1. The maximum absolute atomic E-state index is 12.6. The first kappa shape index (κ1) is 21.0. The molecule has 0 saturated heterocycles. The molecule has 8 nitrogen and oxygen atoms in total. The van der Waals surface area contributed by atoms with Crippen LogP contribution in [-0.4, -0.2) is 32.5 Å². The minimum Gasteiger partial charge on any atom is -0.335 e. The average Bonchev–Trinajstić information content (AvgIpc) is 3.21. The van der Waals surface area contributed by atoms with Crippen molar-refractivity contribution in [3.63, 3.8) is 0 Å². The summed E-state index contributed by atoms with van der Waals surface area (Å²) in [5.41, 5.74) is 1.46. The summed E-state index contributed by atoms with van der Waals surface area (Å²) in [4.78, 5) is 32.9. The third-order valence-corrected chi connectivity index (χ3v) is 4.61. The Bertz CT molecular complexity index is 980. The fourth-order valence-corrected chi connectivity index (χ4v) is 2.84. The topological polar surface area (TPSA) is 101 Å². The van der Waals surface area contributed by atoms with Gasteiger partial charge in [-0.1, -0.05) is 26.8 Å². The highest BCUT2D eigenvalue weighted by molar-refractivity contribution is 6.04. The summed E-state index contributed by atoms with van der Waals surface area (Å²) in [5.74, 6) is -0.266.